The van der Waals surface area contributed by atoms with Crippen molar-refractivity contribution >= 4 is 27.8 Å². The molecule has 0 amide bonds. The third kappa shape index (κ3) is 2.10. The van der Waals surface area contributed by atoms with Gasteiger partial charge >= 0.3 is 5.97 Å². The fourth-order valence-corrected chi connectivity index (χ4v) is 2.14. The number of carboxylic acids is 1. The van der Waals surface area contributed by atoms with E-state index >= 15 is 0 Å². The fourth-order valence-electron chi connectivity index (χ4n) is 1.88. The number of aliphatic carboxylic acids is 1. The molecule has 2 N–H and O–H groups in total. The van der Waals surface area contributed by atoms with Gasteiger partial charge in [-0.2, -0.15) is 4.68 Å². The highest BCUT2D eigenvalue weighted by molar-refractivity contribution is 9.10. The molecule has 7 nitrogen and oxygen atoms in total. The van der Waals surface area contributed by atoms with Gasteiger partial charge in [-0.3, -0.25) is 0 Å². The first-order chi connectivity index (χ1) is 9.15. The number of hydrogen-bond donors (Lipinski definition) is 2. The Labute approximate surface area is 116 Å². The lowest BCUT2D eigenvalue weighted by molar-refractivity contribution is -0.132. The van der Waals surface area contributed by atoms with Crippen molar-refractivity contribution in [3.8, 4) is 0 Å². The summed E-state index contributed by atoms with van der Waals surface area (Å²) in [5.74, 6) is -0.732. The number of carboxylic acid groups (broad SMARTS) is 1. The van der Waals surface area contributed by atoms with Gasteiger partial charge in [-0.1, -0.05) is 33.2 Å². The largest absolute Gasteiger partial charge is 0.477 e. The van der Waals surface area contributed by atoms with Gasteiger partial charge in [0.2, 0.25) is 5.95 Å². The molecule has 2 aromatic rings. The molecule has 2 heterocycles. The molecule has 3 rings (SSSR count). The summed E-state index contributed by atoms with van der Waals surface area (Å²) >= 11 is 3.36. The lowest BCUT2D eigenvalue weighted by Crippen LogP contribution is -2.24. The molecule has 0 unspecified atom stereocenters. The third-order valence-corrected chi connectivity index (χ3v) is 3.30. The molecule has 0 fully saturated rings. The van der Waals surface area contributed by atoms with Gasteiger partial charge in [0.1, 0.15) is 11.7 Å². The molecule has 0 saturated heterocycles. The molecule has 0 aliphatic carbocycles. The number of carbonyl (C=O) groups is 1. The highest BCUT2D eigenvalue weighted by atomic mass is 79.9. The van der Waals surface area contributed by atoms with E-state index < -0.39 is 5.97 Å². The molecule has 1 aliphatic rings. The number of aromatic nitrogens is 4. The minimum absolute atomic E-state index is 0.0650. The van der Waals surface area contributed by atoms with E-state index in [4.69, 9.17) is 5.11 Å². The van der Waals surface area contributed by atoms with Crippen molar-refractivity contribution < 1.29 is 9.90 Å². The average Bonchev–Trinajstić information content (AvgIpc) is 2.86. The first-order valence-corrected chi connectivity index (χ1v) is 6.20. The number of rotatable bonds is 2. The quantitative estimate of drug-likeness (QED) is 0.869. The highest BCUT2D eigenvalue weighted by Crippen LogP contribution is 2.28. The summed E-state index contributed by atoms with van der Waals surface area (Å²) in [6.45, 7) is 0. The SMILES string of the molecule is O=C(O)C1=C[C@H](c2ccc(Br)cc2)n2nnnc2N1. The summed E-state index contributed by atoms with van der Waals surface area (Å²) in [7, 11) is 0. The minimum Gasteiger partial charge on any atom is -0.477 e. The second-order valence-electron chi connectivity index (χ2n) is 3.95. The van der Waals surface area contributed by atoms with Gasteiger partial charge in [0.05, 0.1) is 0 Å². The molecule has 1 aromatic heterocycles. The number of tetrazole rings is 1. The predicted octanol–water partition coefficient (Wildman–Crippen LogP) is 1.42. The van der Waals surface area contributed by atoms with E-state index in [0.717, 1.165) is 10.0 Å². The number of fused-ring (bicyclic) bond motifs is 1. The van der Waals surface area contributed by atoms with Crippen molar-refractivity contribution in [1.29, 1.82) is 0 Å². The zero-order chi connectivity index (χ0) is 13.4. The van der Waals surface area contributed by atoms with E-state index in [2.05, 4.69) is 36.8 Å². The number of nitrogens with one attached hydrogen (secondary N) is 1. The lowest BCUT2D eigenvalue weighted by Gasteiger charge is -2.21. The van der Waals surface area contributed by atoms with Crippen LogP contribution in [0.4, 0.5) is 5.95 Å². The monoisotopic (exact) mass is 321 g/mol. The van der Waals surface area contributed by atoms with E-state index in [9.17, 15) is 4.79 Å². The Morgan fingerprint density at radius 2 is 2.11 bits per heavy atom. The zero-order valence-corrected chi connectivity index (χ0v) is 11.1. The van der Waals surface area contributed by atoms with Gasteiger partial charge in [0.25, 0.3) is 0 Å². The molecule has 0 spiro atoms. The Morgan fingerprint density at radius 3 is 2.79 bits per heavy atom. The van der Waals surface area contributed by atoms with Crippen LogP contribution in [0, 0.1) is 0 Å². The number of halogens is 1. The molecule has 19 heavy (non-hydrogen) atoms. The van der Waals surface area contributed by atoms with Gasteiger partial charge in [0.15, 0.2) is 0 Å². The van der Waals surface area contributed by atoms with Crippen molar-refractivity contribution in [3.05, 3.63) is 46.1 Å². The Morgan fingerprint density at radius 1 is 1.37 bits per heavy atom. The highest BCUT2D eigenvalue weighted by Gasteiger charge is 2.26. The number of allylic oxidation sites excluding steroid dienone is 1. The number of anilines is 1. The molecule has 1 aromatic carbocycles. The molecular weight excluding hydrogens is 314 g/mol. The molecule has 0 bridgehead atoms. The summed E-state index contributed by atoms with van der Waals surface area (Å²) in [4.78, 5) is 11.1. The molecule has 8 heteroatoms. The van der Waals surface area contributed by atoms with E-state index in [1.54, 1.807) is 6.08 Å². The van der Waals surface area contributed by atoms with Crippen LogP contribution in [0.2, 0.25) is 0 Å². The van der Waals surface area contributed by atoms with Crippen molar-refractivity contribution in [2.24, 2.45) is 0 Å². The maximum absolute atomic E-state index is 11.1. The van der Waals surface area contributed by atoms with E-state index in [0.29, 0.717) is 5.95 Å². The van der Waals surface area contributed by atoms with Gasteiger partial charge in [0, 0.05) is 4.47 Å². The van der Waals surface area contributed by atoms with Crippen LogP contribution in [-0.2, 0) is 4.79 Å². The van der Waals surface area contributed by atoms with E-state index in [-0.39, 0.29) is 11.7 Å². The maximum atomic E-state index is 11.1. The Hall–Kier alpha value is -2.22. The van der Waals surface area contributed by atoms with Crippen molar-refractivity contribution in [2.75, 3.05) is 5.32 Å². The molecule has 1 aliphatic heterocycles. The van der Waals surface area contributed by atoms with Gasteiger partial charge in [-0.15, -0.1) is 0 Å². The first-order valence-electron chi connectivity index (χ1n) is 5.40. The van der Waals surface area contributed by atoms with Crippen LogP contribution in [0.5, 0.6) is 0 Å². The molecule has 0 radical (unpaired) electrons. The zero-order valence-electron chi connectivity index (χ0n) is 9.49. The number of benzene rings is 1. The van der Waals surface area contributed by atoms with E-state index in [1.807, 2.05) is 24.3 Å². The lowest BCUT2D eigenvalue weighted by atomic mass is 10.0. The second kappa shape index (κ2) is 4.47. The summed E-state index contributed by atoms with van der Waals surface area (Å²) < 4.78 is 2.49. The van der Waals surface area contributed by atoms with Crippen molar-refractivity contribution in [2.45, 2.75) is 6.04 Å². The summed E-state index contributed by atoms with van der Waals surface area (Å²) in [5.41, 5.74) is 0.965. The number of hydrogen-bond acceptors (Lipinski definition) is 5. The Kier molecular flexibility index (Phi) is 2.79. The molecule has 96 valence electrons. The van der Waals surface area contributed by atoms with Gasteiger partial charge in [-0.05, 0) is 34.2 Å². The summed E-state index contributed by atoms with van der Waals surface area (Å²) in [6.07, 6.45) is 1.58. The second-order valence-corrected chi connectivity index (χ2v) is 4.87. The summed E-state index contributed by atoms with van der Waals surface area (Å²) in [6, 6.07) is 7.21. The minimum atomic E-state index is -1.05. The molecule has 1 atom stereocenters. The average molecular weight is 322 g/mol. The topological polar surface area (TPSA) is 92.9 Å². The molecule has 0 saturated carbocycles. The van der Waals surface area contributed by atoms with Gasteiger partial charge in [-0.25, -0.2) is 4.79 Å². The van der Waals surface area contributed by atoms with Crippen molar-refractivity contribution in [3.63, 3.8) is 0 Å². The van der Waals surface area contributed by atoms with Crippen LogP contribution in [-0.4, -0.2) is 31.3 Å². The van der Waals surface area contributed by atoms with Crippen LogP contribution >= 0.6 is 15.9 Å². The standard InChI is InChI=1S/C11H8BrN5O2/c12-7-3-1-6(2-4-7)9-5-8(10(18)19)13-11-14-15-16-17(9)11/h1-5,9H,(H,18,19)(H,13,14,16)/t9-/m1/s1. The Balaban J connectivity index is 2.09. The van der Waals surface area contributed by atoms with E-state index in [1.165, 1.54) is 4.68 Å². The third-order valence-electron chi connectivity index (χ3n) is 2.77. The summed E-state index contributed by atoms with van der Waals surface area (Å²) in [5, 5.41) is 23.0. The smallest absolute Gasteiger partial charge is 0.352 e. The van der Waals surface area contributed by atoms with Crippen LogP contribution in [0.3, 0.4) is 0 Å². The first kappa shape index (κ1) is 11.8. The van der Waals surface area contributed by atoms with Crippen molar-refractivity contribution in [1.82, 2.24) is 20.2 Å². The van der Waals surface area contributed by atoms with Crippen LogP contribution in [0.15, 0.2) is 40.5 Å². The predicted molar refractivity (Wildman–Crippen MR) is 69.4 cm³/mol. The molecular formula is C11H8BrN5O2. The van der Waals surface area contributed by atoms with Crippen LogP contribution in [0.1, 0.15) is 11.6 Å². The normalized spacial score (nSPS) is 17.3. The maximum Gasteiger partial charge on any atom is 0.352 e. The van der Waals surface area contributed by atoms with Crippen LogP contribution in [0.25, 0.3) is 0 Å². The van der Waals surface area contributed by atoms with Gasteiger partial charge < -0.3 is 10.4 Å². The number of nitrogens with zero attached hydrogens (tertiary/aromatic N) is 4. The fraction of sp³-hybridized carbons (Fsp3) is 0.0909. The van der Waals surface area contributed by atoms with Crippen LogP contribution < -0.4 is 5.32 Å². The Bertz CT molecular complexity index is 664.